The number of carbonyl (C=O) groups is 3. The number of rotatable bonds is 3. The molecule has 1 atom stereocenters. The standard InChI is InChI=1S/C13H14N2O5S/c1-8-13(18)14-12(17)7-15(8)21(19,20)11-5-3-4-10(6-11)9(2)16/h3-6,8H,7H2,1-2H3,(H,14,17,18). The lowest BCUT2D eigenvalue weighted by atomic mass is 10.2. The normalized spacial score (nSPS) is 20.2. The molecule has 7 nitrogen and oxygen atoms in total. The third kappa shape index (κ3) is 2.86. The number of hydrogen-bond donors (Lipinski definition) is 1. The third-order valence-electron chi connectivity index (χ3n) is 3.22. The highest BCUT2D eigenvalue weighted by Crippen LogP contribution is 2.21. The maximum absolute atomic E-state index is 12.5. The third-order valence-corrected chi connectivity index (χ3v) is 5.13. The van der Waals surface area contributed by atoms with Gasteiger partial charge in [0.05, 0.1) is 11.4 Å². The molecule has 1 aromatic carbocycles. The predicted molar refractivity (Wildman–Crippen MR) is 73.0 cm³/mol. The van der Waals surface area contributed by atoms with Gasteiger partial charge in [-0.3, -0.25) is 19.7 Å². The Morgan fingerprint density at radius 2 is 2.00 bits per heavy atom. The van der Waals surface area contributed by atoms with Gasteiger partial charge in [-0.1, -0.05) is 12.1 Å². The lowest BCUT2D eigenvalue weighted by Gasteiger charge is -2.30. The minimum absolute atomic E-state index is 0.121. The van der Waals surface area contributed by atoms with Crippen molar-refractivity contribution >= 4 is 27.6 Å². The number of carbonyl (C=O) groups excluding carboxylic acids is 3. The number of imide groups is 1. The molecule has 0 radical (unpaired) electrons. The summed E-state index contributed by atoms with van der Waals surface area (Å²) >= 11 is 0. The van der Waals surface area contributed by atoms with E-state index >= 15 is 0 Å². The molecule has 1 aromatic rings. The smallest absolute Gasteiger partial charge is 0.244 e. The maximum Gasteiger partial charge on any atom is 0.244 e. The zero-order chi connectivity index (χ0) is 15.8. The fraction of sp³-hybridized carbons (Fsp3) is 0.308. The number of piperazine rings is 1. The van der Waals surface area contributed by atoms with E-state index in [1.165, 1.54) is 38.1 Å². The molecule has 112 valence electrons. The van der Waals surface area contributed by atoms with E-state index in [0.717, 1.165) is 4.31 Å². The largest absolute Gasteiger partial charge is 0.295 e. The van der Waals surface area contributed by atoms with Crippen molar-refractivity contribution in [2.45, 2.75) is 24.8 Å². The Balaban J connectivity index is 2.46. The van der Waals surface area contributed by atoms with Crippen LogP contribution in [0.2, 0.25) is 0 Å². The first-order valence-corrected chi connectivity index (χ1v) is 7.64. The maximum atomic E-state index is 12.5. The molecule has 1 aliphatic rings. The van der Waals surface area contributed by atoms with Crippen LogP contribution in [0.25, 0.3) is 0 Å². The van der Waals surface area contributed by atoms with Crippen molar-refractivity contribution in [2.75, 3.05) is 6.54 Å². The van der Waals surface area contributed by atoms with Crippen LogP contribution in [0.4, 0.5) is 0 Å². The van der Waals surface area contributed by atoms with Crippen molar-refractivity contribution in [3.8, 4) is 0 Å². The Morgan fingerprint density at radius 1 is 1.33 bits per heavy atom. The lowest BCUT2D eigenvalue weighted by Crippen LogP contribution is -2.58. The molecular formula is C13H14N2O5S. The molecule has 0 aliphatic carbocycles. The Morgan fingerprint density at radius 3 is 2.62 bits per heavy atom. The Bertz CT molecular complexity index is 726. The van der Waals surface area contributed by atoms with Crippen LogP contribution in [0, 0.1) is 0 Å². The summed E-state index contributed by atoms with van der Waals surface area (Å²) in [6.07, 6.45) is 0. The van der Waals surface area contributed by atoms with Crippen LogP contribution >= 0.6 is 0 Å². The summed E-state index contributed by atoms with van der Waals surface area (Å²) in [5.41, 5.74) is 0.247. The van der Waals surface area contributed by atoms with Crippen molar-refractivity contribution in [1.29, 1.82) is 0 Å². The summed E-state index contributed by atoms with van der Waals surface area (Å²) in [5, 5.41) is 2.07. The molecule has 8 heteroatoms. The SMILES string of the molecule is CC(=O)c1cccc(S(=O)(=O)N2CC(=O)NC(=O)C2C)c1. The molecule has 1 unspecified atom stereocenters. The second kappa shape index (κ2) is 5.38. The molecule has 2 rings (SSSR count). The first kappa shape index (κ1) is 15.3. The van der Waals surface area contributed by atoms with E-state index in [4.69, 9.17) is 0 Å². The van der Waals surface area contributed by atoms with Crippen molar-refractivity contribution < 1.29 is 22.8 Å². The van der Waals surface area contributed by atoms with E-state index in [1.54, 1.807) is 0 Å². The summed E-state index contributed by atoms with van der Waals surface area (Å²) in [7, 11) is -4.03. The zero-order valence-corrected chi connectivity index (χ0v) is 12.3. The fourth-order valence-electron chi connectivity index (χ4n) is 1.99. The topological polar surface area (TPSA) is 101 Å². The van der Waals surface area contributed by atoms with E-state index < -0.39 is 34.4 Å². The van der Waals surface area contributed by atoms with Gasteiger partial charge in [-0.2, -0.15) is 4.31 Å². The number of sulfonamides is 1. The molecule has 0 spiro atoms. The van der Waals surface area contributed by atoms with Gasteiger partial charge in [-0.25, -0.2) is 8.42 Å². The highest BCUT2D eigenvalue weighted by molar-refractivity contribution is 7.89. The van der Waals surface area contributed by atoms with Crippen LogP contribution in [-0.4, -0.2) is 42.9 Å². The van der Waals surface area contributed by atoms with Gasteiger partial charge in [0.2, 0.25) is 21.8 Å². The van der Waals surface area contributed by atoms with Gasteiger partial charge >= 0.3 is 0 Å². The molecule has 1 saturated heterocycles. The minimum atomic E-state index is -4.03. The highest BCUT2D eigenvalue weighted by Gasteiger charge is 2.38. The molecular weight excluding hydrogens is 296 g/mol. The minimum Gasteiger partial charge on any atom is -0.295 e. The molecule has 0 saturated carbocycles. The van der Waals surface area contributed by atoms with Gasteiger partial charge in [-0.05, 0) is 26.0 Å². The Kier molecular flexibility index (Phi) is 3.93. The number of nitrogens with one attached hydrogen (secondary N) is 1. The average Bonchev–Trinajstić information content (AvgIpc) is 2.42. The molecule has 2 amide bonds. The molecule has 1 N–H and O–H groups in total. The Hall–Kier alpha value is -2.06. The van der Waals surface area contributed by atoms with Crippen LogP contribution in [-0.2, 0) is 19.6 Å². The summed E-state index contributed by atoms with van der Waals surface area (Å²) in [6.45, 7) is 2.29. The zero-order valence-electron chi connectivity index (χ0n) is 11.5. The second-order valence-electron chi connectivity index (χ2n) is 4.72. The van der Waals surface area contributed by atoms with E-state index in [1.807, 2.05) is 0 Å². The summed E-state index contributed by atoms with van der Waals surface area (Å²) in [4.78, 5) is 34.2. The van der Waals surface area contributed by atoms with Crippen LogP contribution in [0.5, 0.6) is 0 Å². The van der Waals surface area contributed by atoms with E-state index in [0.29, 0.717) is 0 Å². The first-order valence-electron chi connectivity index (χ1n) is 6.20. The number of amides is 2. The van der Waals surface area contributed by atoms with Gasteiger partial charge < -0.3 is 0 Å². The highest BCUT2D eigenvalue weighted by atomic mass is 32.2. The summed E-state index contributed by atoms with van der Waals surface area (Å²) < 4.78 is 25.9. The van der Waals surface area contributed by atoms with Gasteiger partial charge in [0.1, 0.15) is 6.04 Å². The molecule has 21 heavy (non-hydrogen) atoms. The van der Waals surface area contributed by atoms with Crippen molar-refractivity contribution in [1.82, 2.24) is 9.62 Å². The molecule has 1 fully saturated rings. The van der Waals surface area contributed by atoms with Crippen LogP contribution in [0.1, 0.15) is 24.2 Å². The van der Waals surface area contributed by atoms with E-state index in [2.05, 4.69) is 5.32 Å². The monoisotopic (exact) mass is 310 g/mol. The number of ketones is 1. The van der Waals surface area contributed by atoms with Gasteiger partial charge in [-0.15, -0.1) is 0 Å². The molecule has 0 aromatic heterocycles. The van der Waals surface area contributed by atoms with Crippen molar-refractivity contribution in [3.05, 3.63) is 29.8 Å². The summed E-state index contributed by atoms with van der Waals surface area (Å²) in [5.74, 6) is -1.62. The van der Waals surface area contributed by atoms with Gasteiger partial charge in [0.25, 0.3) is 0 Å². The quantitative estimate of drug-likeness (QED) is 0.622. The van der Waals surface area contributed by atoms with Crippen molar-refractivity contribution in [2.24, 2.45) is 0 Å². The summed E-state index contributed by atoms with van der Waals surface area (Å²) in [6, 6.07) is 4.51. The van der Waals surface area contributed by atoms with E-state index in [9.17, 15) is 22.8 Å². The number of hydrogen-bond acceptors (Lipinski definition) is 5. The first-order chi connectivity index (χ1) is 9.73. The second-order valence-corrected chi connectivity index (χ2v) is 6.61. The van der Waals surface area contributed by atoms with Gasteiger partial charge in [0, 0.05) is 5.56 Å². The van der Waals surface area contributed by atoms with Crippen LogP contribution in [0.15, 0.2) is 29.2 Å². The number of nitrogens with zero attached hydrogens (tertiary/aromatic N) is 1. The Labute approximate surface area is 122 Å². The van der Waals surface area contributed by atoms with E-state index in [-0.39, 0.29) is 16.2 Å². The van der Waals surface area contributed by atoms with Crippen LogP contribution in [0.3, 0.4) is 0 Å². The predicted octanol–water partition coefficient (Wildman–Crippen LogP) is -0.0752. The number of Topliss-reactive ketones (excluding diaryl/α,β-unsaturated/α-hetero) is 1. The van der Waals surface area contributed by atoms with Crippen LogP contribution < -0.4 is 5.32 Å². The lowest BCUT2D eigenvalue weighted by molar-refractivity contribution is -0.136. The van der Waals surface area contributed by atoms with Gasteiger partial charge in [0.15, 0.2) is 5.78 Å². The average molecular weight is 310 g/mol. The molecule has 1 heterocycles. The van der Waals surface area contributed by atoms with Crippen molar-refractivity contribution in [3.63, 3.8) is 0 Å². The fourth-order valence-corrected chi connectivity index (χ4v) is 3.59. The molecule has 1 aliphatic heterocycles. The molecule has 0 bridgehead atoms. The number of benzene rings is 1.